The van der Waals surface area contributed by atoms with Crippen LogP contribution in [0.5, 0.6) is 0 Å². The first-order chi connectivity index (χ1) is 8.48. The summed E-state index contributed by atoms with van der Waals surface area (Å²) in [5.41, 5.74) is 0.827. The summed E-state index contributed by atoms with van der Waals surface area (Å²) in [6, 6.07) is 1.91. The van der Waals surface area contributed by atoms with Crippen molar-refractivity contribution < 1.29 is 4.79 Å². The molecule has 1 amide bonds. The fourth-order valence-electron chi connectivity index (χ4n) is 2.64. The van der Waals surface area contributed by atoms with Crippen LogP contribution in [0.1, 0.15) is 49.9 Å². The molecule has 0 radical (unpaired) electrons. The van der Waals surface area contributed by atoms with Crippen LogP contribution in [0, 0.1) is 5.41 Å². The van der Waals surface area contributed by atoms with Gasteiger partial charge in [-0.1, -0.05) is 31.9 Å². The van der Waals surface area contributed by atoms with Crippen LogP contribution in [0.2, 0.25) is 5.02 Å². The minimum absolute atomic E-state index is 0.0925. The van der Waals surface area contributed by atoms with Gasteiger partial charge in [-0.3, -0.25) is 9.78 Å². The third-order valence-electron chi connectivity index (χ3n) is 3.56. The summed E-state index contributed by atoms with van der Waals surface area (Å²) < 4.78 is 0. The van der Waals surface area contributed by atoms with Gasteiger partial charge in [0.15, 0.2) is 0 Å². The Kier molecular flexibility index (Phi) is 3.91. The van der Waals surface area contributed by atoms with E-state index in [0.29, 0.717) is 16.0 Å². The lowest BCUT2D eigenvalue weighted by Gasteiger charge is -2.35. The molecule has 0 aromatic carbocycles. The van der Waals surface area contributed by atoms with Crippen LogP contribution in [0.25, 0.3) is 0 Å². The Bertz CT molecular complexity index is 445. The number of carbonyl (C=O) groups excluding carboxylic acids is 1. The molecule has 1 fully saturated rings. The molecule has 1 aliphatic rings. The van der Waals surface area contributed by atoms with Crippen molar-refractivity contribution in [1.82, 2.24) is 10.3 Å². The van der Waals surface area contributed by atoms with Crippen LogP contribution >= 0.6 is 11.6 Å². The van der Waals surface area contributed by atoms with Gasteiger partial charge in [-0.15, -0.1) is 0 Å². The normalized spacial score (nSPS) is 22.5. The largest absolute Gasteiger partial charge is 0.349 e. The minimum atomic E-state index is -0.0925. The van der Waals surface area contributed by atoms with E-state index < -0.39 is 0 Å². The maximum absolute atomic E-state index is 12.1. The number of carbonyl (C=O) groups is 1. The smallest absolute Gasteiger partial charge is 0.253 e. The molecule has 4 heteroatoms. The average molecular weight is 267 g/mol. The van der Waals surface area contributed by atoms with E-state index >= 15 is 0 Å². The zero-order valence-corrected chi connectivity index (χ0v) is 11.6. The second-order valence-electron chi connectivity index (χ2n) is 5.79. The molecule has 1 saturated carbocycles. The second-order valence-corrected chi connectivity index (χ2v) is 6.19. The van der Waals surface area contributed by atoms with E-state index in [1.807, 2.05) is 0 Å². The Labute approximate surface area is 113 Å². The summed E-state index contributed by atoms with van der Waals surface area (Å²) in [6.45, 7) is 4.51. The summed E-state index contributed by atoms with van der Waals surface area (Å²) in [6.07, 6.45) is 7.57. The predicted octanol–water partition coefficient (Wildman–Crippen LogP) is 3.43. The highest BCUT2D eigenvalue weighted by Crippen LogP contribution is 2.35. The van der Waals surface area contributed by atoms with Gasteiger partial charge in [0.2, 0.25) is 0 Å². The quantitative estimate of drug-likeness (QED) is 0.891. The monoisotopic (exact) mass is 266 g/mol. The van der Waals surface area contributed by atoms with Gasteiger partial charge >= 0.3 is 0 Å². The van der Waals surface area contributed by atoms with Crippen molar-refractivity contribution in [1.29, 1.82) is 0 Å². The van der Waals surface area contributed by atoms with Crippen molar-refractivity contribution in [2.75, 3.05) is 0 Å². The Balaban J connectivity index is 2.02. The molecule has 0 spiro atoms. The van der Waals surface area contributed by atoms with Gasteiger partial charge in [-0.2, -0.15) is 0 Å². The molecular weight excluding hydrogens is 248 g/mol. The molecule has 1 aromatic rings. The van der Waals surface area contributed by atoms with Crippen molar-refractivity contribution >= 4 is 17.5 Å². The number of halogens is 1. The molecule has 1 atom stereocenters. The van der Waals surface area contributed by atoms with Crippen molar-refractivity contribution in [3.8, 4) is 0 Å². The van der Waals surface area contributed by atoms with Gasteiger partial charge < -0.3 is 5.32 Å². The third kappa shape index (κ3) is 3.22. The summed E-state index contributed by atoms with van der Waals surface area (Å²) >= 11 is 5.97. The topological polar surface area (TPSA) is 42.0 Å². The maximum Gasteiger partial charge on any atom is 0.253 e. The lowest BCUT2D eigenvalue weighted by atomic mass is 9.75. The fraction of sp³-hybridized carbons (Fsp3) is 0.571. The van der Waals surface area contributed by atoms with Gasteiger partial charge in [0, 0.05) is 18.4 Å². The molecule has 18 heavy (non-hydrogen) atoms. The zero-order valence-electron chi connectivity index (χ0n) is 10.9. The number of amides is 1. The molecule has 1 N–H and O–H groups in total. The van der Waals surface area contributed by atoms with Crippen LogP contribution in [-0.4, -0.2) is 16.9 Å². The van der Waals surface area contributed by atoms with E-state index in [2.05, 4.69) is 24.1 Å². The Hall–Kier alpha value is -1.09. The van der Waals surface area contributed by atoms with Gasteiger partial charge in [-0.05, 0) is 30.7 Å². The number of hydrogen-bond donors (Lipinski definition) is 1. The molecule has 1 aliphatic carbocycles. The SMILES string of the molecule is CC1(C)CCCC(NC(=O)c2ccncc2Cl)C1. The van der Waals surface area contributed by atoms with E-state index in [4.69, 9.17) is 11.6 Å². The maximum atomic E-state index is 12.1. The predicted molar refractivity (Wildman–Crippen MR) is 72.8 cm³/mol. The first kappa shape index (κ1) is 13.3. The number of nitrogens with zero attached hydrogens (tertiary/aromatic N) is 1. The molecule has 2 rings (SSSR count). The Morgan fingerprint density at radius 1 is 1.56 bits per heavy atom. The van der Waals surface area contributed by atoms with E-state index in [-0.39, 0.29) is 11.9 Å². The molecular formula is C14H19ClN2O. The fourth-order valence-corrected chi connectivity index (χ4v) is 2.85. The van der Waals surface area contributed by atoms with Crippen LogP contribution in [0.3, 0.4) is 0 Å². The molecule has 3 nitrogen and oxygen atoms in total. The molecule has 1 aromatic heterocycles. The summed E-state index contributed by atoms with van der Waals surface area (Å²) in [7, 11) is 0. The zero-order chi connectivity index (χ0) is 13.2. The average Bonchev–Trinajstić information content (AvgIpc) is 2.28. The van der Waals surface area contributed by atoms with Crippen molar-refractivity contribution in [3.05, 3.63) is 29.0 Å². The highest BCUT2D eigenvalue weighted by atomic mass is 35.5. The first-order valence-corrected chi connectivity index (χ1v) is 6.76. The lowest BCUT2D eigenvalue weighted by molar-refractivity contribution is 0.0902. The van der Waals surface area contributed by atoms with Gasteiger partial charge in [0.1, 0.15) is 0 Å². The number of pyridine rings is 1. The summed E-state index contributed by atoms with van der Waals surface area (Å²) in [5, 5.41) is 3.49. The number of aromatic nitrogens is 1. The Morgan fingerprint density at radius 3 is 3.00 bits per heavy atom. The summed E-state index contributed by atoms with van der Waals surface area (Å²) in [4.78, 5) is 16.0. The summed E-state index contributed by atoms with van der Waals surface area (Å²) in [5.74, 6) is -0.0925. The van der Waals surface area contributed by atoms with E-state index in [0.717, 1.165) is 12.8 Å². The molecule has 1 heterocycles. The third-order valence-corrected chi connectivity index (χ3v) is 3.86. The van der Waals surface area contributed by atoms with Crippen molar-refractivity contribution in [2.24, 2.45) is 5.41 Å². The van der Waals surface area contributed by atoms with E-state index in [9.17, 15) is 4.79 Å². The van der Waals surface area contributed by atoms with Gasteiger partial charge in [0.05, 0.1) is 10.6 Å². The number of hydrogen-bond acceptors (Lipinski definition) is 2. The van der Waals surface area contributed by atoms with Crippen LogP contribution in [-0.2, 0) is 0 Å². The molecule has 0 saturated heterocycles. The standard InChI is InChI=1S/C14H19ClN2O/c1-14(2)6-3-4-10(8-14)17-13(18)11-5-7-16-9-12(11)15/h5,7,9-10H,3-4,6,8H2,1-2H3,(H,17,18). The molecule has 0 aliphatic heterocycles. The highest BCUT2D eigenvalue weighted by molar-refractivity contribution is 6.33. The number of rotatable bonds is 2. The first-order valence-electron chi connectivity index (χ1n) is 6.38. The molecule has 1 unspecified atom stereocenters. The molecule has 0 bridgehead atoms. The highest BCUT2D eigenvalue weighted by Gasteiger charge is 2.29. The van der Waals surface area contributed by atoms with E-state index in [1.54, 1.807) is 12.3 Å². The van der Waals surface area contributed by atoms with Crippen molar-refractivity contribution in [3.63, 3.8) is 0 Å². The second kappa shape index (κ2) is 5.27. The van der Waals surface area contributed by atoms with Crippen molar-refractivity contribution in [2.45, 2.75) is 45.6 Å². The van der Waals surface area contributed by atoms with Crippen LogP contribution < -0.4 is 5.32 Å². The van der Waals surface area contributed by atoms with Gasteiger partial charge in [0.25, 0.3) is 5.91 Å². The minimum Gasteiger partial charge on any atom is -0.349 e. The van der Waals surface area contributed by atoms with Crippen LogP contribution in [0.4, 0.5) is 0 Å². The Morgan fingerprint density at radius 2 is 2.33 bits per heavy atom. The van der Waals surface area contributed by atoms with Gasteiger partial charge in [-0.25, -0.2) is 0 Å². The number of nitrogens with one attached hydrogen (secondary N) is 1. The van der Waals surface area contributed by atoms with Crippen LogP contribution in [0.15, 0.2) is 18.5 Å². The molecule has 98 valence electrons. The lowest BCUT2D eigenvalue weighted by Crippen LogP contribution is -2.40. The van der Waals surface area contributed by atoms with E-state index in [1.165, 1.54) is 19.0 Å².